The van der Waals surface area contributed by atoms with Crippen molar-refractivity contribution in [2.75, 3.05) is 31.7 Å². The Labute approximate surface area is 147 Å². The summed E-state index contributed by atoms with van der Waals surface area (Å²) in [5, 5.41) is 10.1. The Morgan fingerprint density at radius 3 is 2.84 bits per heavy atom. The highest BCUT2D eigenvalue weighted by atomic mass is 16.5. The van der Waals surface area contributed by atoms with Gasteiger partial charge in [-0.2, -0.15) is 5.26 Å². The molecular formula is C18H23N5O2. The van der Waals surface area contributed by atoms with Gasteiger partial charge in [0.2, 0.25) is 5.88 Å². The molecule has 0 aliphatic carbocycles. The van der Waals surface area contributed by atoms with Crippen LogP contribution in [-0.2, 0) is 4.74 Å². The number of anilines is 1. The van der Waals surface area contributed by atoms with Crippen LogP contribution in [0.3, 0.4) is 0 Å². The maximum absolute atomic E-state index is 9.30. The largest absolute Gasteiger partial charge is 0.480 e. The molecule has 3 heterocycles. The second-order valence-electron chi connectivity index (χ2n) is 6.52. The fraction of sp³-hybridized carbons (Fsp3) is 0.556. The quantitative estimate of drug-likeness (QED) is 0.848. The number of aryl methyl sites for hydroxylation is 1. The number of hydrogen-bond acceptors (Lipinski definition) is 7. The molecule has 1 atom stereocenters. The summed E-state index contributed by atoms with van der Waals surface area (Å²) in [6.07, 6.45) is 0.363. The van der Waals surface area contributed by atoms with Crippen molar-refractivity contribution < 1.29 is 9.47 Å². The highest BCUT2D eigenvalue weighted by Gasteiger charge is 2.24. The summed E-state index contributed by atoms with van der Waals surface area (Å²) in [6.45, 7) is 7.86. The van der Waals surface area contributed by atoms with Crippen LogP contribution < -0.4 is 9.64 Å². The van der Waals surface area contributed by atoms with Crippen LogP contribution in [0.1, 0.15) is 37.7 Å². The second kappa shape index (κ2) is 7.19. The number of aromatic nitrogens is 3. The minimum absolute atomic E-state index is 0.192. The van der Waals surface area contributed by atoms with E-state index < -0.39 is 6.10 Å². The summed E-state index contributed by atoms with van der Waals surface area (Å²) in [7, 11) is 1.60. The number of nitriles is 1. The SMILES string of the molecule is COc1nc(C)cc2nc(C(C)C)nc(N3CCCOC(C#N)C3)c12. The summed E-state index contributed by atoms with van der Waals surface area (Å²) in [6, 6.07) is 4.16. The van der Waals surface area contributed by atoms with E-state index in [1.165, 1.54) is 0 Å². The molecule has 0 bridgehead atoms. The topological polar surface area (TPSA) is 84.2 Å². The third-order valence-electron chi connectivity index (χ3n) is 4.20. The van der Waals surface area contributed by atoms with Crippen LogP contribution in [0.25, 0.3) is 10.9 Å². The number of hydrogen-bond donors (Lipinski definition) is 0. The monoisotopic (exact) mass is 341 g/mol. The lowest BCUT2D eigenvalue weighted by Gasteiger charge is -2.25. The zero-order chi connectivity index (χ0) is 18.0. The highest BCUT2D eigenvalue weighted by Crippen LogP contribution is 2.33. The van der Waals surface area contributed by atoms with Gasteiger partial charge in [0.25, 0.3) is 0 Å². The molecule has 0 aromatic carbocycles. The molecular weight excluding hydrogens is 318 g/mol. The molecule has 3 rings (SSSR count). The first-order chi connectivity index (χ1) is 12.0. The molecule has 1 fully saturated rings. The van der Waals surface area contributed by atoms with Crippen molar-refractivity contribution in [1.82, 2.24) is 15.0 Å². The third-order valence-corrected chi connectivity index (χ3v) is 4.20. The van der Waals surface area contributed by atoms with Crippen LogP contribution in [-0.4, -0.2) is 47.9 Å². The fourth-order valence-electron chi connectivity index (χ4n) is 2.97. The van der Waals surface area contributed by atoms with Gasteiger partial charge in [-0.05, 0) is 19.4 Å². The van der Waals surface area contributed by atoms with Crippen LogP contribution >= 0.6 is 0 Å². The molecule has 0 spiro atoms. The van der Waals surface area contributed by atoms with Crippen LogP contribution in [0.2, 0.25) is 0 Å². The number of pyridine rings is 1. The highest BCUT2D eigenvalue weighted by molar-refractivity contribution is 5.94. The molecule has 0 radical (unpaired) electrons. The molecule has 7 heteroatoms. The Bertz CT molecular complexity index is 815. The van der Waals surface area contributed by atoms with Gasteiger partial charge in [0.15, 0.2) is 6.10 Å². The molecule has 1 aliphatic rings. The smallest absolute Gasteiger partial charge is 0.226 e. The van der Waals surface area contributed by atoms with Gasteiger partial charge in [-0.15, -0.1) is 0 Å². The molecule has 2 aromatic heterocycles. The van der Waals surface area contributed by atoms with Crippen molar-refractivity contribution >= 4 is 16.7 Å². The second-order valence-corrected chi connectivity index (χ2v) is 6.52. The van der Waals surface area contributed by atoms with E-state index in [0.717, 1.165) is 41.2 Å². The Morgan fingerprint density at radius 2 is 2.16 bits per heavy atom. The van der Waals surface area contributed by atoms with Gasteiger partial charge in [0.05, 0.1) is 31.8 Å². The fourth-order valence-corrected chi connectivity index (χ4v) is 2.97. The van der Waals surface area contributed by atoms with E-state index in [2.05, 4.69) is 29.8 Å². The lowest BCUT2D eigenvalue weighted by molar-refractivity contribution is 0.106. The lowest BCUT2D eigenvalue weighted by Crippen LogP contribution is -2.32. The van der Waals surface area contributed by atoms with Crippen LogP contribution in [0, 0.1) is 18.3 Å². The van der Waals surface area contributed by atoms with Crippen molar-refractivity contribution in [2.45, 2.75) is 39.2 Å². The molecule has 0 saturated carbocycles. The number of methoxy groups -OCH3 is 1. The van der Waals surface area contributed by atoms with Gasteiger partial charge in [-0.3, -0.25) is 0 Å². The van der Waals surface area contributed by atoms with Crippen molar-refractivity contribution in [2.24, 2.45) is 0 Å². The van der Waals surface area contributed by atoms with Gasteiger partial charge in [-0.25, -0.2) is 15.0 Å². The van der Waals surface area contributed by atoms with Crippen molar-refractivity contribution in [1.29, 1.82) is 5.26 Å². The summed E-state index contributed by atoms with van der Waals surface area (Å²) in [4.78, 5) is 16.1. The minimum atomic E-state index is -0.473. The van der Waals surface area contributed by atoms with E-state index in [1.54, 1.807) is 7.11 Å². The van der Waals surface area contributed by atoms with Crippen molar-refractivity contribution in [3.05, 3.63) is 17.6 Å². The van der Waals surface area contributed by atoms with E-state index >= 15 is 0 Å². The maximum atomic E-state index is 9.30. The van der Waals surface area contributed by atoms with Gasteiger partial charge in [0, 0.05) is 18.2 Å². The summed E-state index contributed by atoms with van der Waals surface area (Å²) in [5.41, 5.74) is 1.66. The summed E-state index contributed by atoms with van der Waals surface area (Å²) < 4.78 is 11.1. The Hall–Kier alpha value is -2.46. The standard InChI is InChI=1S/C18H23N5O2/c1-11(2)16-21-14-8-12(3)20-18(24-4)15(14)17(22-16)23-6-5-7-25-13(9-19)10-23/h8,11,13H,5-7,10H2,1-4H3. The molecule has 2 aromatic rings. The predicted octanol–water partition coefficient (Wildman–Crippen LogP) is 2.58. The average Bonchev–Trinajstić information content (AvgIpc) is 2.85. The lowest BCUT2D eigenvalue weighted by atomic mass is 10.1. The molecule has 1 saturated heterocycles. The van der Waals surface area contributed by atoms with Crippen LogP contribution in [0.15, 0.2) is 6.07 Å². The molecule has 132 valence electrons. The Balaban J connectivity index is 2.22. The van der Waals surface area contributed by atoms with E-state index in [1.807, 2.05) is 13.0 Å². The summed E-state index contributed by atoms with van der Waals surface area (Å²) in [5.74, 6) is 2.24. The zero-order valence-corrected chi connectivity index (χ0v) is 15.1. The van der Waals surface area contributed by atoms with E-state index in [4.69, 9.17) is 19.4 Å². The number of nitrogens with zero attached hydrogens (tertiary/aromatic N) is 5. The average molecular weight is 341 g/mol. The van der Waals surface area contributed by atoms with Crippen molar-refractivity contribution in [3.8, 4) is 11.9 Å². The molecule has 0 amide bonds. The number of fused-ring (bicyclic) bond motifs is 1. The van der Waals surface area contributed by atoms with E-state index in [-0.39, 0.29) is 5.92 Å². The normalized spacial score (nSPS) is 18.2. The molecule has 25 heavy (non-hydrogen) atoms. The first kappa shape index (κ1) is 17.4. The maximum Gasteiger partial charge on any atom is 0.226 e. The molecule has 1 unspecified atom stereocenters. The van der Waals surface area contributed by atoms with Gasteiger partial charge in [-0.1, -0.05) is 13.8 Å². The van der Waals surface area contributed by atoms with Crippen LogP contribution in [0.5, 0.6) is 5.88 Å². The Morgan fingerprint density at radius 1 is 1.36 bits per heavy atom. The van der Waals surface area contributed by atoms with Gasteiger partial charge in [0.1, 0.15) is 17.0 Å². The van der Waals surface area contributed by atoms with E-state index in [9.17, 15) is 5.26 Å². The predicted molar refractivity (Wildman–Crippen MR) is 94.9 cm³/mol. The first-order valence-electron chi connectivity index (χ1n) is 8.53. The molecule has 1 aliphatic heterocycles. The van der Waals surface area contributed by atoms with Gasteiger partial charge < -0.3 is 14.4 Å². The summed E-state index contributed by atoms with van der Waals surface area (Å²) >= 11 is 0. The van der Waals surface area contributed by atoms with Gasteiger partial charge >= 0.3 is 0 Å². The van der Waals surface area contributed by atoms with E-state index in [0.29, 0.717) is 19.0 Å². The first-order valence-corrected chi connectivity index (χ1v) is 8.53. The molecule has 0 N–H and O–H groups in total. The number of rotatable bonds is 3. The molecule has 7 nitrogen and oxygen atoms in total. The Kier molecular flexibility index (Phi) is 5.00. The minimum Gasteiger partial charge on any atom is -0.480 e. The van der Waals surface area contributed by atoms with Crippen molar-refractivity contribution in [3.63, 3.8) is 0 Å². The third kappa shape index (κ3) is 3.49. The zero-order valence-electron chi connectivity index (χ0n) is 15.1. The number of ether oxygens (including phenoxy) is 2. The van der Waals surface area contributed by atoms with Crippen LogP contribution in [0.4, 0.5) is 5.82 Å².